The van der Waals surface area contributed by atoms with Crippen molar-refractivity contribution in [2.45, 2.75) is 20.0 Å². The largest absolute Gasteiger partial charge is 0.361 e. The second-order valence-electron chi connectivity index (χ2n) is 6.90. The van der Waals surface area contributed by atoms with E-state index in [2.05, 4.69) is 30.4 Å². The molecule has 0 saturated carbocycles. The molecule has 3 heteroatoms. The average Bonchev–Trinajstić information content (AvgIpc) is 2.69. The molecule has 0 spiro atoms. The zero-order valence-corrected chi connectivity index (χ0v) is 15.5. The van der Waals surface area contributed by atoms with E-state index in [4.69, 9.17) is 0 Å². The Morgan fingerprint density at radius 1 is 0.926 bits per heavy atom. The summed E-state index contributed by atoms with van der Waals surface area (Å²) in [5, 5.41) is 3.55. The molecule has 0 bridgehead atoms. The molecule has 4 rings (SSSR count). The van der Waals surface area contributed by atoms with Crippen LogP contribution in [0.25, 0.3) is 6.08 Å². The zero-order chi connectivity index (χ0) is 18.8. The third-order valence-corrected chi connectivity index (χ3v) is 4.86. The predicted molar refractivity (Wildman–Crippen MR) is 112 cm³/mol. The Morgan fingerprint density at radius 2 is 1.59 bits per heavy atom. The van der Waals surface area contributed by atoms with Crippen LogP contribution in [0, 0.1) is 6.92 Å². The van der Waals surface area contributed by atoms with Crippen LogP contribution in [0.15, 0.2) is 84.4 Å². The van der Waals surface area contributed by atoms with Crippen molar-refractivity contribution in [1.29, 1.82) is 0 Å². The maximum absolute atomic E-state index is 13.3. The molecule has 0 saturated heterocycles. The third kappa shape index (κ3) is 3.36. The van der Waals surface area contributed by atoms with Gasteiger partial charge in [-0.25, -0.2) is 0 Å². The number of rotatable bonds is 3. The van der Waals surface area contributed by atoms with E-state index in [0.29, 0.717) is 5.56 Å². The van der Waals surface area contributed by atoms with Crippen molar-refractivity contribution in [2.75, 3.05) is 10.2 Å². The van der Waals surface area contributed by atoms with Crippen molar-refractivity contribution in [3.05, 3.63) is 101 Å². The molecule has 3 nitrogen and oxygen atoms in total. The van der Waals surface area contributed by atoms with Gasteiger partial charge in [0, 0.05) is 11.4 Å². The van der Waals surface area contributed by atoms with E-state index in [9.17, 15) is 4.79 Å². The average molecular weight is 354 g/mol. The molecule has 1 atom stereocenters. The Hall–Kier alpha value is -3.33. The summed E-state index contributed by atoms with van der Waals surface area (Å²) in [5.74, 6) is 0.0130. The highest BCUT2D eigenvalue weighted by Gasteiger charge is 2.33. The minimum Gasteiger partial charge on any atom is -0.361 e. The molecule has 3 aromatic carbocycles. The van der Waals surface area contributed by atoms with Gasteiger partial charge in [0.15, 0.2) is 0 Å². The number of hydrogen-bond acceptors (Lipinski definition) is 2. The second-order valence-corrected chi connectivity index (χ2v) is 6.90. The molecule has 1 heterocycles. The minimum atomic E-state index is -0.240. The Bertz CT molecular complexity index is 990. The highest BCUT2D eigenvalue weighted by Crippen LogP contribution is 2.32. The lowest BCUT2D eigenvalue weighted by Gasteiger charge is -2.38. The van der Waals surface area contributed by atoms with Crippen molar-refractivity contribution < 1.29 is 4.79 Å². The van der Waals surface area contributed by atoms with E-state index in [1.54, 1.807) is 0 Å². The van der Waals surface area contributed by atoms with Crippen LogP contribution in [0.4, 0.5) is 11.4 Å². The fourth-order valence-electron chi connectivity index (χ4n) is 3.43. The van der Waals surface area contributed by atoms with E-state index in [1.165, 1.54) is 5.56 Å². The first-order valence-corrected chi connectivity index (χ1v) is 9.12. The lowest BCUT2D eigenvalue weighted by molar-refractivity contribution is 0.0978. The summed E-state index contributed by atoms with van der Waals surface area (Å²) in [6.07, 6.45) is 1.88. The molecule has 3 aromatic rings. The number of hydrogen-bond donors (Lipinski definition) is 1. The van der Waals surface area contributed by atoms with Crippen molar-refractivity contribution >= 4 is 23.4 Å². The molecular weight excluding hydrogens is 332 g/mol. The lowest BCUT2D eigenvalue weighted by atomic mass is 10.0. The molecule has 1 aliphatic heterocycles. The van der Waals surface area contributed by atoms with E-state index in [0.717, 1.165) is 22.5 Å². The maximum atomic E-state index is 13.3. The number of carbonyl (C=O) groups excluding carboxylic acids is 1. The highest BCUT2D eigenvalue weighted by atomic mass is 16.2. The van der Waals surface area contributed by atoms with Crippen LogP contribution in [0.2, 0.25) is 0 Å². The van der Waals surface area contributed by atoms with Crippen LogP contribution >= 0.6 is 0 Å². The molecule has 1 unspecified atom stereocenters. The Kier molecular flexibility index (Phi) is 4.51. The standard InChI is InChI=1S/C24H22N2O/c1-17-12-14-20(15-13-17)26-23(18(2)16-19-8-4-3-5-9-19)25-22-11-7-6-10-21(22)24(26)27/h3-16,23,25H,1-2H3/b18-16+. The van der Waals surface area contributed by atoms with E-state index >= 15 is 0 Å². The summed E-state index contributed by atoms with van der Waals surface area (Å²) in [7, 11) is 0. The van der Waals surface area contributed by atoms with Crippen LogP contribution < -0.4 is 10.2 Å². The van der Waals surface area contributed by atoms with Gasteiger partial charge in [-0.15, -0.1) is 0 Å². The summed E-state index contributed by atoms with van der Waals surface area (Å²) in [6, 6.07) is 26.0. The summed E-state index contributed by atoms with van der Waals surface area (Å²) < 4.78 is 0. The van der Waals surface area contributed by atoms with Gasteiger partial charge in [0.25, 0.3) is 5.91 Å². The summed E-state index contributed by atoms with van der Waals surface area (Å²) in [6.45, 7) is 4.11. The molecule has 1 aliphatic rings. The van der Waals surface area contributed by atoms with Gasteiger partial charge in [-0.3, -0.25) is 9.69 Å². The van der Waals surface area contributed by atoms with Crippen LogP contribution in [0.5, 0.6) is 0 Å². The van der Waals surface area contributed by atoms with Gasteiger partial charge in [0.1, 0.15) is 6.17 Å². The maximum Gasteiger partial charge on any atom is 0.262 e. The Morgan fingerprint density at radius 3 is 2.33 bits per heavy atom. The number of para-hydroxylation sites is 1. The predicted octanol–water partition coefficient (Wildman–Crippen LogP) is 5.50. The quantitative estimate of drug-likeness (QED) is 0.674. The minimum absolute atomic E-state index is 0.0130. The normalized spacial score (nSPS) is 16.7. The molecule has 0 aromatic heterocycles. The number of anilines is 2. The first kappa shape index (κ1) is 17.1. The summed E-state index contributed by atoms with van der Waals surface area (Å²) in [5.41, 5.74) is 5.82. The SMILES string of the molecule is C/C(=C\c1ccccc1)C1Nc2ccccc2C(=O)N1c1ccc(C)cc1. The Labute approximate surface area is 160 Å². The molecule has 27 heavy (non-hydrogen) atoms. The number of aryl methyl sites for hydroxylation is 1. The number of benzene rings is 3. The first-order chi connectivity index (χ1) is 13.1. The number of fused-ring (bicyclic) bond motifs is 1. The van der Waals surface area contributed by atoms with Crippen LogP contribution in [-0.2, 0) is 0 Å². The Balaban J connectivity index is 1.80. The highest BCUT2D eigenvalue weighted by molar-refractivity contribution is 6.12. The van der Waals surface area contributed by atoms with E-state index < -0.39 is 0 Å². The number of amides is 1. The monoisotopic (exact) mass is 354 g/mol. The summed E-state index contributed by atoms with van der Waals surface area (Å²) >= 11 is 0. The van der Waals surface area contributed by atoms with Crippen LogP contribution in [-0.4, -0.2) is 12.1 Å². The van der Waals surface area contributed by atoms with Gasteiger partial charge < -0.3 is 5.32 Å². The molecule has 1 N–H and O–H groups in total. The lowest BCUT2D eigenvalue weighted by Crippen LogP contribution is -2.49. The van der Waals surface area contributed by atoms with Crippen LogP contribution in [0.1, 0.15) is 28.4 Å². The van der Waals surface area contributed by atoms with E-state index in [-0.39, 0.29) is 12.1 Å². The third-order valence-electron chi connectivity index (χ3n) is 4.86. The van der Waals surface area contributed by atoms with Gasteiger partial charge in [0.2, 0.25) is 0 Å². The van der Waals surface area contributed by atoms with Crippen LogP contribution in [0.3, 0.4) is 0 Å². The smallest absolute Gasteiger partial charge is 0.262 e. The van der Waals surface area contributed by atoms with E-state index in [1.807, 2.05) is 78.6 Å². The zero-order valence-electron chi connectivity index (χ0n) is 15.5. The number of nitrogens with one attached hydrogen (secondary N) is 1. The van der Waals surface area contributed by atoms with Crippen molar-refractivity contribution in [1.82, 2.24) is 0 Å². The van der Waals surface area contributed by atoms with Gasteiger partial charge in [-0.1, -0.05) is 66.2 Å². The molecule has 134 valence electrons. The first-order valence-electron chi connectivity index (χ1n) is 9.12. The molecule has 1 amide bonds. The fraction of sp³-hybridized carbons (Fsp3) is 0.125. The van der Waals surface area contributed by atoms with Gasteiger partial charge in [-0.2, -0.15) is 0 Å². The number of carbonyl (C=O) groups is 1. The summed E-state index contributed by atoms with van der Waals surface area (Å²) in [4.78, 5) is 15.2. The molecular formula is C24H22N2O. The van der Waals surface area contributed by atoms with Gasteiger partial charge in [0.05, 0.1) is 5.56 Å². The second kappa shape index (κ2) is 7.12. The van der Waals surface area contributed by atoms with Gasteiger partial charge in [-0.05, 0) is 49.2 Å². The fourth-order valence-corrected chi connectivity index (χ4v) is 3.43. The molecule has 0 radical (unpaired) electrons. The van der Waals surface area contributed by atoms with Gasteiger partial charge >= 0.3 is 0 Å². The van der Waals surface area contributed by atoms with Crippen molar-refractivity contribution in [3.8, 4) is 0 Å². The molecule has 0 fully saturated rings. The topological polar surface area (TPSA) is 32.3 Å². The van der Waals surface area contributed by atoms with Crippen molar-refractivity contribution in [3.63, 3.8) is 0 Å². The number of nitrogens with zero attached hydrogens (tertiary/aromatic N) is 1. The van der Waals surface area contributed by atoms with Crippen molar-refractivity contribution in [2.24, 2.45) is 0 Å². The molecule has 0 aliphatic carbocycles.